The van der Waals surface area contributed by atoms with Gasteiger partial charge >= 0.3 is 0 Å². The smallest absolute Gasteiger partial charge is 0.270 e. The average molecular weight is 290 g/mol. The molecule has 0 spiro atoms. The van der Waals surface area contributed by atoms with Crippen LogP contribution in [0, 0.1) is 10.1 Å². The molecule has 1 aromatic rings. The topological polar surface area (TPSA) is 83.7 Å². The first-order valence-electron chi connectivity index (χ1n) is 6.96. The van der Waals surface area contributed by atoms with Crippen molar-refractivity contribution in [1.29, 1.82) is 0 Å². The number of carbonyl (C=O) groups is 1. The normalized spacial score (nSPS) is 18.9. The van der Waals surface area contributed by atoms with Crippen LogP contribution in [0.3, 0.4) is 0 Å². The molecule has 1 amide bonds. The maximum Gasteiger partial charge on any atom is 0.270 e. The molecule has 6 nitrogen and oxygen atoms in total. The Bertz CT molecular complexity index is 556. The molecule has 1 N–H and O–H groups in total. The van der Waals surface area contributed by atoms with Crippen molar-refractivity contribution in [3.8, 4) is 0 Å². The Balaban J connectivity index is 2.07. The van der Waals surface area contributed by atoms with Gasteiger partial charge in [-0.15, -0.1) is 0 Å². The highest BCUT2D eigenvalue weighted by Crippen LogP contribution is 2.18. The standard InChI is InChI=1S/C15H18N2O4/c18-11-14-5-1-2-9-16(14)15(19)8-7-12-4-3-6-13(10-12)17(20)21/h3-4,6-8,10,14,18H,1-2,5,9,11H2/b8-7+. The van der Waals surface area contributed by atoms with E-state index in [0.717, 1.165) is 19.3 Å². The number of rotatable bonds is 4. The lowest BCUT2D eigenvalue weighted by Gasteiger charge is -2.33. The lowest BCUT2D eigenvalue weighted by Crippen LogP contribution is -2.44. The number of nitrogens with zero attached hydrogens (tertiary/aromatic N) is 2. The second-order valence-electron chi connectivity index (χ2n) is 5.05. The van der Waals surface area contributed by atoms with Gasteiger partial charge in [0.25, 0.3) is 5.69 Å². The first-order chi connectivity index (χ1) is 10.1. The first-order valence-corrected chi connectivity index (χ1v) is 6.96. The van der Waals surface area contributed by atoms with Crippen LogP contribution in [0.2, 0.25) is 0 Å². The third kappa shape index (κ3) is 3.88. The predicted octanol–water partition coefficient (Wildman–Crippen LogP) is 1.98. The first kappa shape index (κ1) is 15.2. The SMILES string of the molecule is O=C(/C=C/c1cccc([N+](=O)[O-])c1)N1CCCCC1CO. The zero-order valence-corrected chi connectivity index (χ0v) is 11.6. The summed E-state index contributed by atoms with van der Waals surface area (Å²) >= 11 is 0. The summed E-state index contributed by atoms with van der Waals surface area (Å²) in [6.45, 7) is 0.611. The maximum atomic E-state index is 12.2. The minimum atomic E-state index is -0.467. The molecule has 0 radical (unpaired) electrons. The number of non-ortho nitro benzene ring substituents is 1. The number of benzene rings is 1. The van der Waals surface area contributed by atoms with Crippen molar-refractivity contribution in [2.24, 2.45) is 0 Å². The minimum absolute atomic E-state index is 0.00388. The quantitative estimate of drug-likeness (QED) is 0.522. The number of hydrogen-bond acceptors (Lipinski definition) is 4. The number of carbonyl (C=O) groups excluding carboxylic acids is 1. The van der Waals surface area contributed by atoms with Gasteiger partial charge in [0.2, 0.25) is 5.91 Å². The Morgan fingerprint density at radius 3 is 3.00 bits per heavy atom. The largest absolute Gasteiger partial charge is 0.394 e. The van der Waals surface area contributed by atoms with E-state index in [1.165, 1.54) is 18.2 Å². The van der Waals surface area contributed by atoms with Crippen LogP contribution in [0.4, 0.5) is 5.69 Å². The lowest BCUT2D eigenvalue weighted by molar-refractivity contribution is -0.384. The van der Waals surface area contributed by atoms with E-state index in [1.807, 2.05) is 0 Å². The van der Waals surface area contributed by atoms with Crippen LogP contribution < -0.4 is 0 Å². The summed E-state index contributed by atoms with van der Waals surface area (Å²) < 4.78 is 0. The molecule has 1 heterocycles. The zero-order valence-electron chi connectivity index (χ0n) is 11.6. The molecule has 112 valence electrons. The highest BCUT2D eigenvalue weighted by Gasteiger charge is 2.24. The second-order valence-corrected chi connectivity index (χ2v) is 5.05. The molecule has 2 rings (SSSR count). The fourth-order valence-corrected chi connectivity index (χ4v) is 2.49. The molecule has 21 heavy (non-hydrogen) atoms. The van der Waals surface area contributed by atoms with Gasteiger partial charge in [0.05, 0.1) is 17.6 Å². The summed E-state index contributed by atoms with van der Waals surface area (Å²) in [5.74, 6) is -0.166. The Labute approximate surface area is 122 Å². The molecule has 1 fully saturated rings. The van der Waals surface area contributed by atoms with Gasteiger partial charge in [0, 0.05) is 24.8 Å². The van der Waals surface area contributed by atoms with E-state index in [1.54, 1.807) is 23.1 Å². The summed E-state index contributed by atoms with van der Waals surface area (Å²) in [6, 6.07) is 5.99. The molecule has 0 bridgehead atoms. The van der Waals surface area contributed by atoms with Gasteiger partial charge in [-0.3, -0.25) is 14.9 Å². The Kier molecular flexibility index (Phi) is 5.05. The Morgan fingerprint density at radius 2 is 2.29 bits per heavy atom. The molecule has 6 heteroatoms. The van der Waals surface area contributed by atoms with Crippen molar-refractivity contribution >= 4 is 17.7 Å². The molecule has 0 aliphatic carbocycles. The van der Waals surface area contributed by atoms with Crippen LogP contribution in [-0.4, -0.2) is 40.0 Å². The third-order valence-electron chi connectivity index (χ3n) is 3.62. The van der Waals surface area contributed by atoms with Crippen molar-refractivity contribution in [3.05, 3.63) is 46.0 Å². The van der Waals surface area contributed by atoms with Gasteiger partial charge in [0.1, 0.15) is 0 Å². The minimum Gasteiger partial charge on any atom is -0.394 e. The van der Waals surface area contributed by atoms with Crippen LogP contribution in [0.15, 0.2) is 30.3 Å². The molecule has 0 saturated carbocycles. The number of likely N-dealkylation sites (tertiary alicyclic amines) is 1. The van der Waals surface area contributed by atoms with Crippen molar-refractivity contribution in [2.45, 2.75) is 25.3 Å². The number of hydrogen-bond donors (Lipinski definition) is 1. The van der Waals surface area contributed by atoms with E-state index in [-0.39, 0.29) is 24.2 Å². The van der Waals surface area contributed by atoms with Gasteiger partial charge in [-0.25, -0.2) is 0 Å². The molecule has 1 saturated heterocycles. The molecule has 0 aromatic heterocycles. The van der Waals surface area contributed by atoms with E-state index < -0.39 is 4.92 Å². The lowest BCUT2D eigenvalue weighted by atomic mass is 10.0. The van der Waals surface area contributed by atoms with Crippen LogP contribution in [-0.2, 0) is 4.79 Å². The monoisotopic (exact) mass is 290 g/mol. The zero-order chi connectivity index (χ0) is 15.2. The van der Waals surface area contributed by atoms with Crippen LogP contribution in [0.1, 0.15) is 24.8 Å². The highest BCUT2D eigenvalue weighted by atomic mass is 16.6. The number of aliphatic hydroxyl groups is 1. The van der Waals surface area contributed by atoms with E-state index in [0.29, 0.717) is 12.1 Å². The fraction of sp³-hybridized carbons (Fsp3) is 0.400. The second kappa shape index (κ2) is 6.99. The van der Waals surface area contributed by atoms with Crippen LogP contribution in [0.25, 0.3) is 6.08 Å². The number of aliphatic hydroxyl groups excluding tert-OH is 1. The van der Waals surface area contributed by atoms with Gasteiger partial charge < -0.3 is 10.0 Å². The van der Waals surface area contributed by atoms with Crippen molar-refractivity contribution in [3.63, 3.8) is 0 Å². The molecule has 1 aliphatic rings. The maximum absolute atomic E-state index is 12.2. The number of piperidine rings is 1. The Morgan fingerprint density at radius 1 is 1.48 bits per heavy atom. The van der Waals surface area contributed by atoms with Gasteiger partial charge in [-0.2, -0.15) is 0 Å². The molecule has 1 aromatic carbocycles. The van der Waals surface area contributed by atoms with Gasteiger partial charge in [-0.1, -0.05) is 12.1 Å². The molecular weight excluding hydrogens is 272 g/mol. The average Bonchev–Trinajstić information content (AvgIpc) is 2.52. The molecule has 1 atom stereocenters. The number of nitro benzene ring substituents is 1. The number of nitro groups is 1. The summed E-state index contributed by atoms with van der Waals surface area (Å²) in [4.78, 5) is 24.1. The Hall–Kier alpha value is -2.21. The summed E-state index contributed by atoms with van der Waals surface area (Å²) in [6.07, 6.45) is 5.74. The van der Waals surface area contributed by atoms with E-state index in [9.17, 15) is 20.0 Å². The summed E-state index contributed by atoms with van der Waals surface area (Å²) in [5.41, 5.74) is 0.603. The summed E-state index contributed by atoms with van der Waals surface area (Å²) in [5, 5.41) is 20.0. The summed E-state index contributed by atoms with van der Waals surface area (Å²) in [7, 11) is 0. The van der Waals surface area contributed by atoms with E-state index >= 15 is 0 Å². The van der Waals surface area contributed by atoms with Gasteiger partial charge in [-0.05, 0) is 30.9 Å². The van der Waals surface area contributed by atoms with Gasteiger partial charge in [0.15, 0.2) is 0 Å². The van der Waals surface area contributed by atoms with Crippen molar-refractivity contribution < 1.29 is 14.8 Å². The highest BCUT2D eigenvalue weighted by molar-refractivity contribution is 5.92. The van der Waals surface area contributed by atoms with Crippen LogP contribution >= 0.6 is 0 Å². The molecular formula is C15H18N2O4. The van der Waals surface area contributed by atoms with E-state index in [4.69, 9.17) is 0 Å². The molecule has 1 unspecified atom stereocenters. The van der Waals surface area contributed by atoms with E-state index in [2.05, 4.69) is 0 Å². The van der Waals surface area contributed by atoms with Crippen molar-refractivity contribution in [2.75, 3.05) is 13.2 Å². The molecule has 1 aliphatic heterocycles. The number of amides is 1. The predicted molar refractivity (Wildman–Crippen MR) is 78.6 cm³/mol. The van der Waals surface area contributed by atoms with Crippen LogP contribution in [0.5, 0.6) is 0 Å². The fourth-order valence-electron chi connectivity index (χ4n) is 2.49. The van der Waals surface area contributed by atoms with Crippen molar-refractivity contribution in [1.82, 2.24) is 4.90 Å². The third-order valence-corrected chi connectivity index (χ3v) is 3.62.